The molecular weight excluding hydrogens is 299 g/mol. The summed E-state index contributed by atoms with van der Waals surface area (Å²) in [6.45, 7) is 0.197. The lowest BCUT2D eigenvalue weighted by molar-refractivity contribution is -0.387. The first-order valence-electron chi connectivity index (χ1n) is 5.86. The fraction of sp³-hybridized carbons (Fsp3) is 0.0833. The zero-order chi connectivity index (χ0) is 15.0. The standard InChI is InChI=1S/C12H9FN4O3S/c13-8-5-7(1-2-9(8)17(18)19)20-11-10(6-14)16-3-4-21-12(16)15-11/h1-5H,6,14H2. The molecular formula is C12H9FN4O3S. The molecule has 2 N–H and O–H groups in total. The Morgan fingerprint density at radius 3 is 3.00 bits per heavy atom. The lowest BCUT2D eigenvalue weighted by Crippen LogP contribution is -2.02. The number of hydrogen-bond acceptors (Lipinski definition) is 6. The van der Waals surface area contributed by atoms with Gasteiger partial charge in [0.05, 0.1) is 4.92 Å². The Kier molecular flexibility index (Phi) is 3.28. The highest BCUT2D eigenvalue weighted by atomic mass is 32.1. The number of halogens is 1. The number of nitro benzene ring substituents is 1. The molecule has 0 amide bonds. The second kappa shape index (κ2) is 5.11. The monoisotopic (exact) mass is 308 g/mol. The topological polar surface area (TPSA) is 95.7 Å². The van der Waals surface area contributed by atoms with Crippen molar-refractivity contribution in [3.05, 3.63) is 51.4 Å². The van der Waals surface area contributed by atoms with E-state index in [0.717, 1.165) is 12.1 Å². The number of rotatable bonds is 4. The van der Waals surface area contributed by atoms with E-state index in [1.807, 2.05) is 5.38 Å². The maximum Gasteiger partial charge on any atom is 0.305 e. The smallest absolute Gasteiger partial charge is 0.305 e. The molecule has 108 valence electrons. The van der Waals surface area contributed by atoms with E-state index in [1.54, 1.807) is 10.6 Å². The SMILES string of the molecule is NCc1c(Oc2ccc([N+](=O)[O-])c(F)c2)nc2sccn12. The zero-order valence-electron chi connectivity index (χ0n) is 10.5. The second-order valence-electron chi connectivity index (χ2n) is 4.10. The lowest BCUT2D eigenvalue weighted by Gasteiger charge is -2.05. The third kappa shape index (κ3) is 2.32. The van der Waals surface area contributed by atoms with Gasteiger partial charge in [-0.15, -0.1) is 11.3 Å². The molecule has 2 aromatic heterocycles. The molecule has 0 unspecified atom stereocenters. The maximum atomic E-state index is 13.6. The predicted octanol–water partition coefficient (Wildman–Crippen LogP) is 2.69. The molecule has 0 bridgehead atoms. The molecule has 0 aliphatic carbocycles. The normalized spacial score (nSPS) is 11.0. The summed E-state index contributed by atoms with van der Waals surface area (Å²) >= 11 is 1.41. The third-order valence-electron chi connectivity index (χ3n) is 2.85. The van der Waals surface area contributed by atoms with E-state index in [-0.39, 0.29) is 18.2 Å². The van der Waals surface area contributed by atoms with Crippen LogP contribution in [0.3, 0.4) is 0 Å². The van der Waals surface area contributed by atoms with Crippen molar-refractivity contribution >= 4 is 22.0 Å². The van der Waals surface area contributed by atoms with E-state index in [9.17, 15) is 14.5 Å². The Bertz CT molecular complexity index is 829. The van der Waals surface area contributed by atoms with Gasteiger partial charge in [-0.2, -0.15) is 9.37 Å². The fourth-order valence-electron chi connectivity index (χ4n) is 1.89. The molecule has 0 aliphatic rings. The highest BCUT2D eigenvalue weighted by molar-refractivity contribution is 7.15. The Morgan fingerprint density at radius 2 is 2.33 bits per heavy atom. The van der Waals surface area contributed by atoms with Crippen LogP contribution < -0.4 is 10.5 Å². The molecule has 1 aromatic carbocycles. The van der Waals surface area contributed by atoms with Crippen LogP contribution in [0.25, 0.3) is 4.96 Å². The van der Waals surface area contributed by atoms with Gasteiger partial charge in [0.2, 0.25) is 11.7 Å². The zero-order valence-corrected chi connectivity index (χ0v) is 11.3. The van der Waals surface area contributed by atoms with E-state index in [4.69, 9.17) is 10.5 Å². The summed E-state index contributed by atoms with van der Waals surface area (Å²) in [4.78, 5) is 14.7. The third-order valence-corrected chi connectivity index (χ3v) is 3.60. The van der Waals surface area contributed by atoms with Crippen LogP contribution in [0, 0.1) is 15.9 Å². The van der Waals surface area contributed by atoms with Crippen LogP contribution >= 0.6 is 11.3 Å². The molecule has 0 spiro atoms. The molecule has 2 heterocycles. The number of nitro groups is 1. The van der Waals surface area contributed by atoms with Gasteiger partial charge in [0.25, 0.3) is 0 Å². The van der Waals surface area contributed by atoms with Gasteiger partial charge in [0.15, 0.2) is 4.96 Å². The number of aromatic nitrogens is 2. The predicted molar refractivity (Wildman–Crippen MR) is 74.1 cm³/mol. The molecule has 0 saturated heterocycles. The quantitative estimate of drug-likeness (QED) is 0.590. The fourth-order valence-corrected chi connectivity index (χ4v) is 2.62. The van der Waals surface area contributed by atoms with Gasteiger partial charge < -0.3 is 10.5 Å². The van der Waals surface area contributed by atoms with Gasteiger partial charge in [0.1, 0.15) is 11.4 Å². The highest BCUT2D eigenvalue weighted by Crippen LogP contribution is 2.29. The molecule has 7 nitrogen and oxygen atoms in total. The average molecular weight is 308 g/mol. The van der Waals surface area contributed by atoms with Gasteiger partial charge >= 0.3 is 5.69 Å². The van der Waals surface area contributed by atoms with Crippen LogP contribution in [0.2, 0.25) is 0 Å². The van der Waals surface area contributed by atoms with Crippen LogP contribution in [-0.4, -0.2) is 14.3 Å². The maximum absolute atomic E-state index is 13.6. The van der Waals surface area contributed by atoms with Crippen LogP contribution in [0.15, 0.2) is 29.8 Å². The summed E-state index contributed by atoms with van der Waals surface area (Å²) in [5.74, 6) is -0.580. The van der Waals surface area contributed by atoms with E-state index >= 15 is 0 Å². The van der Waals surface area contributed by atoms with Crippen LogP contribution in [0.5, 0.6) is 11.6 Å². The number of imidazole rings is 1. The van der Waals surface area contributed by atoms with Crippen molar-refractivity contribution in [3.8, 4) is 11.6 Å². The van der Waals surface area contributed by atoms with E-state index in [2.05, 4.69) is 4.98 Å². The first-order valence-corrected chi connectivity index (χ1v) is 6.74. The minimum Gasteiger partial charge on any atom is -0.437 e. The molecule has 0 atom stereocenters. The molecule has 0 saturated carbocycles. The van der Waals surface area contributed by atoms with Gasteiger partial charge in [-0.3, -0.25) is 14.5 Å². The van der Waals surface area contributed by atoms with Crippen LogP contribution in [-0.2, 0) is 6.54 Å². The summed E-state index contributed by atoms with van der Waals surface area (Å²) in [5, 5.41) is 12.4. The number of hydrogen-bond donors (Lipinski definition) is 1. The highest BCUT2D eigenvalue weighted by Gasteiger charge is 2.17. The number of benzene rings is 1. The van der Waals surface area contributed by atoms with Crippen molar-refractivity contribution in [1.29, 1.82) is 0 Å². The summed E-state index contributed by atoms with van der Waals surface area (Å²) in [7, 11) is 0. The van der Waals surface area contributed by atoms with Crippen molar-refractivity contribution in [2.45, 2.75) is 6.54 Å². The molecule has 3 rings (SSSR count). The Hall–Kier alpha value is -2.52. The summed E-state index contributed by atoms with van der Waals surface area (Å²) in [5.41, 5.74) is 5.71. The minimum atomic E-state index is -0.965. The second-order valence-corrected chi connectivity index (χ2v) is 4.97. The Morgan fingerprint density at radius 1 is 1.52 bits per heavy atom. The van der Waals surface area contributed by atoms with Gasteiger partial charge in [0, 0.05) is 30.3 Å². The van der Waals surface area contributed by atoms with Gasteiger partial charge in [-0.1, -0.05) is 0 Å². The molecule has 3 aromatic rings. The van der Waals surface area contributed by atoms with Crippen molar-refractivity contribution < 1.29 is 14.1 Å². The number of ether oxygens (including phenoxy) is 1. The Balaban J connectivity index is 1.96. The first-order chi connectivity index (χ1) is 10.1. The summed E-state index contributed by atoms with van der Waals surface area (Å²) < 4.78 is 20.8. The van der Waals surface area contributed by atoms with E-state index in [1.165, 1.54) is 17.4 Å². The van der Waals surface area contributed by atoms with Gasteiger partial charge in [-0.25, -0.2) is 0 Å². The number of thiazole rings is 1. The number of fused-ring (bicyclic) bond motifs is 1. The Labute approximate surface area is 121 Å². The number of nitrogens with zero attached hydrogens (tertiary/aromatic N) is 3. The lowest BCUT2D eigenvalue weighted by atomic mass is 10.3. The molecule has 0 radical (unpaired) electrons. The van der Waals surface area contributed by atoms with Crippen LogP contribution in [0.1, 0.15) is 5.69 Å². The first kappa shape index (κ1) is 13.5. The average Bonchev–Trinajstić information content (AvgIpc) is 2.98. The summed E-state index contributed by atoms with van der Waals surface area (Å²) in [6.07, 6.45) is 1.80. The van der Waals surface area contributed by atoms with E-state index in [0.29, 0.717) is 10.7 Å². The van der Waals surface area contributed by atoms with E-state index < -0.39 is 16.4 Å². The van der Waals surface area contributed by atoms with Crippen molar-refractivity contribution in [2.24, 2.45) is 5.73 Å². The molecule has 9 heteroatoms. The van der Waals surface area contributed by atoms with Crippen molar-refractivity contribution in [3.63, 3.8) is 0 Å². The van der Waals surface area contributed by atoms with Crippen molar-refractivity contribution in [1.82, 2.24) is 9.38 Å². The van der Waals surface area contributed by atoms with Crippen LogP contribution in [0.4, 0.5) is 10.1 Å². The van der Waals surface area contributed by atoms with Crippen molar-refractivity contribution in [2.75, 3.05) is 0 Å². The number of nitrogens with two attached hydrogens (primary N) is 1. The molecule has 0 fully saturated rings. The molecule has 21 heavy (non-hydrogen) atoms. The minimum absolute atomic E-state index is 0.124. The van der Waals surface area contributed by atoms with Gasteiger partial charge in [-0.05, 0) is 6.07 Å². The summed E-state index contributed by atoms with van der Waals surface area (Å²) in [6, 6.07) is 3.31. The molecule has 0 aliphatic heterocycles. The largest absolute Gasteiger partial charge is 0.437 e.